The van der Waals surface area contributed by atoms with Crippen molar-refractivity contribution >= 4 is 28.8 Å². The first kappa shape index (κ1) is 13.5. The van der Waals surface area contributed by atoms with Gasteiger partial charge in [0.25, 0.3) is 5.56 Å². The number of carboxylic acid groups (broad SMARTS) is 1. The number of aryl methyl sites for hydroxylation is 1. The highest BCUT2D eigenvalue weighted by Crippen LogP contribution is 2.08. The molecule has 0 aliphatic heterocycles. The first-order valence-electron chi connectivity index (χ1n) is 5.52. The van der Waals surface area contributed by atoms with Gasteiger partial charge in [-0.15, -0.1) is 0 Å². The van der Waals surface area contributed by atoms with Crippen LogP contribution in [0.1, 0.15) is 6.92 Å². The summed E-state index contributed by atoms with van der Waals surface area (Å²) < 4.78 is 2.14. The molecule has 0 radical (unpaired) electrons. The molecule has 10 heteroatoms. The highest BCUT2D eigenvalue weighted by atomic mass is 16.4. The predicted molar refractivity (Wildman–Crippen MR) is 70.9 cm³/mol. The third kappa shape index (κ3) is 2.06. The lowest BCUT2D eigenvalue weighted by molar-refractivity contribution is -0.129. The van der Waals surface area contributed by atoms with E-state index < -0.39 is 17.2 Å². The summed E-state index contributed by atoms with van der Waals surface area (Å²) in [6.45, 7) is 1.30. The molecular weight excluding hydrogens is 268 g/mol. The van der Waals surface area contributed by atoms with Crippen molar-refractivity contribution in [2.24, 2.45) is 19.2 Å². The largest absolute Gasteiger partial charge is 0.477 e. The minimum Gasteiger partial charge on any atom is -0.477 e. The zero-order chi connectivity index (χ0) is 15.0. The minimum atomic E-state index is -1.18. The van der Waals surface area contributed by atoms with Gasteiger partial charge in [-0.05, 0) is 6.92 Å². The number of rotatable bonds is 3. The molecule has 3 N–H and O–H groups in total. The molecule has 0 amide bonds. The number of aliphatic carboxylic acids is 1. The number of imidazole rings is 1. The molecule has 0 saturated heterocycles. The standard InChI is InChI=1S/C10H12N6O4/c1-4(8(18)19)13-14-9-11-5-6(12-9)15(2)10(20)16(3)7(5)17/h1-3H3,(H,18,19)(H2,11,12,14)/b13-4+. The van der Waals surface area contributed by atoms with Crippen LogP contribution in [-0.4, -0.2) is 35.9 Å². The van der Waals surface area contributed by atoms with E-state index in [0.29, 0.717) is 0 Å². The van der Waals surface area contributed by atoms with Crippen molar-refractivity contribution in [3.8, 4) is 0 Å². The smallest absolute Gasteiger partial charge is 0.351 e. The van der Waals surface area contributed by atoms with E-state index in [1.165, 1.54) is 25.6 Å². The molecule has 0 aliphatic rings. The number of nitrogens with one attached hydrogen (secondary N) is 2. The van der Waals surface area contributed by atoms with E-state index in [-0.39, 0.29) is 22.8 Å². The summed E-state index contributed by atoms with van der Waals surface area (Å²) in [5.41, 5.74) is 1.46. The van der Waals surface area contributed by atoms with Gasteiger partial charge in [-0.1, -0.05) is 0 Å². The van der Waals surface area contributed by atoms with Crippen LogP contribution in [-0.2, 0) is 18.9 Å². The van der Waals surface area contributed by atoms with Crippen molar-refractivity contribution in [3.63, 3.8) is 0 Å². The van der Waals surface area contributed by atoms with Gasteiger partial charge >= 0.3 is 11.7 Å². The Morgan fingerprint density at radius 3 is 2.60 bits per heavy atom. The predicted octanol–water partition coefficient (Wildman–Crippen LogP) is -1.17. The average Bonchev–Trinajstić information content (AvgIpc) is 2.84. The molecule has 20 heavy (non-hydrogen) atoms. The van der Waals surface area contributed by atoms with Crippen LogP contribution in [0.4, 0.5) is 5.95 Å². The molecule has 2 rings (SSSR count). The molecule has 0 atom stereocenters. The second-order valence-electron chi connectivity index (χ2n) is 4.10. The van der Waals surface area contributed by atoms with E-state index in [9.17, 15) is 14.4 Å². The van der Waals surface area contributed by atoms with Gasteiger partial charge in [0.2, 0.25) is 5.95 Å². The van der Waals surface area contributed by atoms with E-state index in [4.69, 9.17) is 5.11 Å². The molecule has 0 saturated carbocycles. The lowest BCUT2D eigenvalue weighted by Gasteiger charge is -2.00. The van der Waals surface area contributed by atoms with Crippen LogP contribution in [0.3, 0.4) is 0 Å². The monoisotopic (exact) mass is 280 g/mol. The third-order valence-corrected chi connectivity index (χ3v) is 2.73. The van der Waals surface area contributed by atoms with Gasteiger partial charge in [-0.25, -0.2) is 15.0 Å². The molecule has 0 spiro atoms. The number of nitrogens with zero attached hydrogens (tertiary/aromatic N) is 4. The second-order valence-corrected chi connectivity index (χ2v) is 4.10. The summed E-state index contributed by atoms with van der Waals surface area (Å²) in [4.78, 5) is 40.8. The lowest BCUT2D eigenvalue weighted by atomic mass is 10.4. The number of fused-ring (bicyclic) bond motifs is 1. The number of hydrazone groups is 1. The molecule has 10 nitrogen and oxygen atoms in total. The maximum absolute atomic E-state index is 11.9. The van der Waals surface area contributed by atoms with Crippen LogP contribution in [0.2, 0.25) is 0 Å². The Balaban J connectivity index is 2.56. The van der Waals surface area contributed by atoms with Crippen LogP contribution < -0.4 is 16.7 Å². The zero-order valence-electron chi connectivity index (χ0n) is 11.0. The normalized spacial score (nSPS) is 11.8. The van der Waals surface area contributed by atoms with Crippen molar-refractivity contribution in [2.45, 2.75) is 6.92 Å². The van der Waals surface area contributed by atoms with Crippen LogP contribution >= 0.6 is 0 Å². The summed E-state index contributed by atoms with van der Waals surface area (Å²) in [7, 11) is 2.82. The van der Waals surface area contributed by atoms with E-state index in [2.05, 4.69) is 20.5 Å². The SMILES string of the molecule is C/C(=N\Nc1nc2c([nH]1)c(=O)n(C)c(=O)n2C)C(=O)O. The number of hydrogen-bond donors (Lipinski definition) is 3. The van der Waals surface area contributed by atoms with Gasteiger partial charge in [-0.2, -0.15) is 10.1 Å². The fraction of sp³-hybridized carbons (Fsp3) is 0.300. The highest BCUT2D eigenvalue weighted by molar-refractivity contribution is 6.34. The van der Waals surface area contributed by atoms with Crippen LogP contribution in [0.5, 0.6) is 0 Å². The molecule has 106 valence electrons. The Labute approximate surface area is 111 Å². The summed E-state index contributed by atoms with van der Waals surface area (Å²) in [5.74, 6) is -1.11. The van der Waals surface area contributed by atoms with Crippen LogP contribution in [0.25, 0.3) is 11.2 Å². The van der Waals surface area contributed by atoms with Gasteiger partial charge in [0.15, 0.2) is 11.2 Å². The molecule has 2 aromatic heterocycles. The summed E-state index contributed by atoms with van der Waals surface area (Å²) in [6.07, 6.45) is 0. The maximum atomic E-state index is 11.9. The number of carboxylic acids is 1. The summed E-state index contributed by atoms with van der Waals surface area (Å²) >= 11 is 0. The van der Waals surface area contributed by atoms with Crippen LogP contribution in [0, 0.1) is 0 Å². The number of aromatic amines is 1. The Morgan fingerprint density at radius 1 is 1.35 bits per heavy atom. The molecule has 0 bridgehead atoms. The quantitative estimate of drug-likeness (QED) is 0.479. The third-order valence-electron chi connectivity index (χ3n) is 2.73. The second kappa shape index (κ2) is 4.64. The van der Waals surface area contributed by atoms with E-state index in [1.54, 1.807) is 0 Å². The Bertz CT molecular complexity index is 840. The first-order chi connectivity index (χ1) is 9.32. The van der Waals surface area contributed by atoms with Gasteiger partial charge in [0.05, 0.1) is 0 Å². The zero-order valence-corrected chi connectivity index (χ0v) is 11.0. The maximum Gasteiger partial charge on any atom is 0.351 e. The number of H-pyrrole nitrogens is 1. The van der Waals surface area contributed by atoms with Crippen molar-refractivity contribution in [3.05, 3.63) is 20.8 Å². The van der Waals surface area contributed by atoms with Crippen LogP contribution in [0.15, 0.2) is 14.7 Å². The molecule has 0 aliphatic carbocycles. The number of anilines is 1. The topological polar surface area (TPSA) is 134 Å². The van der Waals surface area contributed by atoms with Crippen molar-refractivity contribution in [1.82, 2.24) is 19.1 Å². The first-order valence-corrected chi connectivity index (χ1v) is 5.52. The molecule has 0 aromatic carbocycles. The van der Waals surface area contributed by atoms with Gasteiger partial charge in [0.1, 0.15) is 5.71 Å². The molecule has 0 fully saturated rings. The highest BCUT2D eigenvalue weighted by Gasteiger charge is 2.13. The fourth-order valence-electron chi connectivity index (χ4n) is 1.56. The van der Waals surface area contributed by atoms with E-state index in [1.807, 2.05) is 0 Å². The fourth-order valence-corrected chi connectivity index (χ4v) is 1.56. The van der Waals surface area contributed by atoms with Crippen molar-refractivity contribution < 1.29 is 9.90 Å². The molecule has 2 heterocycles. The van der Waals surface area contributed by atoms with Gasteiger partial charge in [0, 0.05) is 14.1 Å². The number of carbonyl (C=O) groups is 1. The average molecular weight is 280 g/mol. The Morgan fingerprint density at radius 2 is 2.00 bits per heavy atom. The summed E-state index contributed by atoms with van der Waals surface area (Å²) in [5, 5.41) is 12.2. The molecule has 0 unspecified atom stereocenters. The van der Waals surface area contributed by atoms with E-state index in [0.717, 1.165) is 4.57 Å². The number of aromatic nitrogens is 4. The van der Waals surface area contributed by atoms with Crippen molar-refractivity contribution in [1.29, 1.82) is 0 Å². The molecule has 2 aromatic rings. The Kier molecular flexibility index (Phi) is 3.14. The molecular formula is C10H12N6O4. The van der Waals surface area contributed by atoms with Crippen molar-refractivity contribution in [2.75, 3.05) is 5.43 Å². The minimum absolute atomic E-state index is 0.0684. The van der Waals surface area contributed by atoms with Gasteiger partial charge < -0.3 is 10.1 Å². The lowest BCUT2D eigenvalue weighted by Crippen LogP contribution is -2.36. The Hall–Kier alpha value is -2.91. The van der Waals surface area contributed by atoms with E-state index >= 15 is 0 Å². The van der Waals surface area contributed by atoms with Gasteiger partial charge in [-0.3, -0.25) is 13.9 Å². The number of hydrogen-bond acceptors (Lipinski definition) is 6. The summed E-state index contributed by atoms with van der Waals surface area (Å²) in [6, 6.07) is 0.